The predicted molar refractivity (Wildman–Crippen MR) is 82.5 cm³/mol. The Hall–Kier alpha value is -0.950. The van der Waals surface area contributed by atoms with Gasteiger partial charge < -0.3 is 5.32 Å². The maximum absolute atomic E-state index is 12.4. The van der Waals surface area contributed by atoms with Crippen LogP contribution < -0.4 is 10.0 Å². The van der Waals surface area contributed by atoms with E-state index in [1.807, 2.05) is 19.2 Å². The van der Waals surface area contributed by atoms with E-state index in [1.54, 1.807) is 12.1 Å². The van der Waals surface area contributed by atoms with Crippen molar-refractivity contribution in [3.8, 4) is 0 Å². The van der Waals surface area contributed by atoms with Gasteiger partial charge in [-0.3, -0.25) is 4.90 Å². The highest BCUT2D eigenvalue weighted by Gasteiger charge is 2.35. The molecule has 21 heavy (non-hydrogen) atoms. The van der Waals surface area contributed by atoms with E-state index < -0.39 is 10.0 Å². The van der Waals surface area contributed by atoms with Crippen molar-refractivity contribution in [1.29, 1.82) is 0 Å². The average molecular weight is 309 g/mol. The fraction of sp³-hybridized carbons (Fsp3) is 0.600. The topological polar surface area (TPSA) is 61.4 Å². The molecule has 5 nitrogen and oxygen atoms in total. The molecule has 1 aliphatic carbocycles. The summed E-state index contributed by atoms with van der Waals surface area (Å²) in [5.74, 6) is 0. The number of benzene rings is 1. The molecule has 2 N–H and O–H groups in total. The summed E-state index contributed by atoms with van der Waals surface area (Å²) in [5.41, 5.74) is 1.08. The Morgan fingerprint density at radius 3 is 2.52 bits per heavy atom. The first kappa shape index (κ1) is 15.0. The average Bonchev–Trinajstić information content (AvgIpc) is 3.21. The van der Waals surface area contributed by atoms with Crippen LogP contribution in [0, 0.1) is 0 Å². The molecule has 116 valence electrons. The van der Waals surface area contributed by atoms with E-state index >= 15 is 0 Å². The molecule has 0 radical (unpaired) electrons. The number of likely N-dealkylation sites (tertiary alicyclic amines) is 1. The van der Waals surface area contributed by atoms with Crippen molar-refractivity contribution in [3.63, 3.8) is 0 Å². The fourth-order valence-corrected chi connectivity index (χ4v) is 4.19. The van der Waals surface area contributed by atoms with Crippen molar-refractivity contribution in [2.75, 3.05) is 20.1 Å². The second-order valence-electron chi connectivity index (χ2n) is 6.01. The van der Waals surface area contributed by atoms with Gasteiger partial charge in [-0.05, 0) is 44.0 Å². The highest BCUT2D eigenvalue weighted by molar-refractivity contribution is 7.89. The third-order valence-corrected chi connectivity index (χ3v) is 5.76. The van der Waals surface area contributed by atoms with Crippen LogP contribution in [0.15, 0.2) is 29.2 Å². The Labute approximate surface area is 126 Å². The zero-order valence-corrected chi connectivity index (χ0v) is 13.2. The zero-order valence-electron chi connectivity index (χ0n) is 12.4. The molecular weight excluding hydrogens is 286 g/mol. The molecule has 1 heterocycles. The first-order valence-electron chi connectivity index (χ1n) is 7.58. The van der Waals surface area contributed by atoms with Gasteiger partial charge in [-0.25, -0.2) is 13.1 Å². The van der Waals surface area contributed by atoms with Crippen LogP contribution in [-0.4, -0.2) is 45.5 Å². The second kappa shape index (κ2) is 6.04. The van der Waals surface area contributed by atoms with E-state index in [0.717, 1.165) is 31.6 Å². The molecule has 0 aromatic heterocycles. The highest BCUT2D eigenvalue weighted by Crippen LogP contribution is 2.30. The monoisotopic (exact) mass is 309 g/mol. The number of nitrogens with zero attached hydrogens (tertiary/aromatic N) is 1. The lowest BCUT2D eigenvalue weighted by molar-refractivity contribution is 0.322. The summed E-state index contributed by atoms with van der Waals surface area (Å²) in [5, 5.41) is 3.05. The van der Waals surface area contributed by atoms with Gasteiger partial charge in [0.1, 0.15) is 0 Å². The van der Waals surface area contributed by atoms with Gasteiger partial charge in [-0.1, -0.05) is 12.1 Å². The predicted octanol–water partition coefficient (Wildman–Crippen LogP) is 0.921. The van der Waals surface area contributed by atoms with Crippen LogP contribution >= 0.6 is 0 Å². The largest absolute Gasteiger partial charge is 0.316 e. The van der Waals surface area contributed by atoms with Crippen molar-refractivity contribution in [1.82, 2.24) is 14.9 Å². The molecule has 1 saturated heterocycles. The van der Waals surface area contributed by atoms with Crippen LogP contribution in [0.5, 0.6) is 0 Å². The van der Waals surface area contributed by atoms with Crippen LogP contribution in [0.4, 0.5) is 0 Å². The minimum Gasteiger partial charge on any atom is -0.316 e. The molecule has 2 aliphatic rings. The van der Waals surface area contributed by atoms with Gasteiger partial charge in [0.05, 0.1) is 4.90 Å². The molecule has 0 bridgehead atoms. The minimum atomic E-state index is -3.40. The van der Waals surface area contributed by atoms with Crippen molar-refractivity contribution in [2.24, 2.45) is 0 Å². The SMILES string of the molecule is CNCc1ccc(S(=O)(=O)NC2CCN(C3CC3)C2)cc1. The molecule has 1 atom stereocenters. The molecule has 1 aromatic rings. The lowest BCUT2D eigenvalue weighted by Gasteiger charge is -2.16. The Morgan fingerprint density at radius 2 is 1.90 bits per heavy atom. The normalized spacial score (nSPS) is 23.6. The Bertz CT molecular complexity index is 581. The van der Waals surface area contributed by atoms with Gasteiger partial charge in [0.15, 0.2) is 0 Å². The van der Waals surface area contributed by atoms with Crippen LogP contribution in [0.3, 0.4) is 0 Å². The van der Waals surface area contributed by atoms with E-state index in [9.17, 15) is 8.42 Å². The van der Waals surface area contributed by atoms with Crippen LogP contribution in [0.2, 0.25) is 0 Å². The van der Waals surface area contributed by atoms with Gasteiger partial charge in [0.25, 0.3) is 0 Å². The van der Waals surface area contributed by atoms with Crippen LogP contribution in [0.1, 0.15) is 24.8 Å². The van der Waals surface area contributed by atoms with Crippen molar-refractivity contribution in [2.45, 2.75) is 42.8 Å². The molecule has 0 spiro atoms. The van der Waals surface area contributed by atoms with E-state index in [0.29, 0.717) is 10.9 Å². The van der Waals surface area contributed by atoms with Crippen LogP contribution in [0.25, 0.3) is 0 Å². The minimum absolute atomic E-state index is 0.0487. The summed E-state index contributed by atoms with van der Waals surface area (Å²) < 4.78 is 27.7. The summed E-state index contributed by atoms with van der Waals surface area (Å²) in [4.78, 5) is 2.76. The number of nitrogens with one attached hydrogen (secondary N) is 2. The van der Waals surface area contributed by atoms with E-state index in [1.165, 1.54) is 12.8 Å². The lowest BCUT2D eigenvalue weighted by Crippen LogP contribution is -2.37. The Balaban J connectivity index is 1.63. The third kappa shape index (κ3) is 3.63. The van der Waals surface area contributed by atoms with Crippen molar-refractivity contribution < 1.29 is 8.42 Å². The van der Waals surface area contributed by atoms with Crippen molar-refractivity contribution in [3.05, 3.63) is 29.8 Å². The van der Waals surface area contributed by atoms with E-state index in [2.05, 4.69) is 14.9 Å². The van der Waals surface area contributed by atoms with E-state index in [4.69, 9.17) is 0 Å². The molecule has 6 heteroatoms. The standard InChI is InChI=1S/C15H23N3O2S/c1-16-10-12-2-6-15(7-3-12)21(19,20)17-13-8-9-18(11-13)14-4-5-14/h2-3,6-7,13-14,16-17H,4-5,8-11H2,1H3. The summed E-state index contributed by atoms with van der Waals surface area (Å²) in [6, 6.07) is 7.84. The molecule has 0 amide bonds. The summed E-state index contributed by atoms with van der Waals surface area (Å²) in [6.07, 6.45) is 3.45. The molecule has 1 aliphatic heterocycles. The first-order chi connectivity index (χ1) is 10.1. The second-order valence-corrected chi connectivity index (χ2v) is 7.72. The molecule has 1 unspecified atom stereocenters. The molecule has 1 aromatic carbocycles. The number of hydrogen-bond acceptors (Lipinski definition) is 4. The zero-order chi connectivity index (χ0) is 14.9. The molecular formula is C15H23N3O2S. The quantitative estimate of drug-likeness (QED) is 0.820. The number of rotatable bonds is 6. The smallest absolute Gasteiger partial charge is 0.240 e. The summed E-state index contributed by atoms with van der Waals surface area (Å²) in [7, 11) is -1.53. The highest BCUT2D eigenvalue weighted by atomic mass is 32.2. The van der Waals surface area contributed by atoms with E-state index in [-0.39, 0.29) is 6.04 Å². The Morgan fingerprint density at radius 1 is 1.19 bits per heavy atom. The number of sulfonamides is 1. The van der Waals surface area contributed by atoms with Crippen molar-refractivity contribution >= 4 is 10.0 Å². The molecule has 1 saturated carbocycles. The van der Waals surface area contributed by atoms with Gasteiger partial charge in [0.2, 0.25) is 10.0 Å². The lowest BCUT2D eigenvalue weighted by atomic mass is 10.2. The molecule has 3 rings (SSSR count). The van der Waals surface area contributed by atoms with Gasteiger partial charge in [-0.15, -0.1) is 0 Å². The maximum Gasteiger partial charge on any atom is 0.240 e. The fourth-order valence-electron chi connectivity index (χ4n) is 2.93. The Kier molecular flexibility index (Phi) is 4.31. The van der Waals surface area contributed by atoms with Gasteiger partial charge in [0, 0.05) is 31.7 Å². The third-order valence-electron chi connectivity index (χ3n) is 4.22. The van der Waals surface area contributed by atoms with Crippen LogP contribution in [-0.2, 0) is 16.6 Å². The molecule has 2 fully saturated rings. The summed E-state index contributed by atoms with van der Waals surface area (Å²) >= 11 is 0. The maximum atomic E-state index is 12.4. The van der Waals surface area contributed by atoms with Gasteiger partial charge in [-0.2, -0.15) is 0 Å². The summed E-state index contributed by atoms with van der Waals surface area (Å²) in [6.45, 7) is 2.60. The van der Waals surface area contributed by atoms with Gasteiger partial charge >= 0.3 is 0 Å². The number of hydrogen-bond donors (Lipinski definition) is 2. The first-order valence-corrected chi connectivity index (χ1v) is 9.07.